The van der Waals surface area contributed by atoms with Gasteiger partial charge in [-0.05, 0) is 67.1 Å². The molecule has 0 bridgehead atoms. The van der Waals surface area contributed by atoms with E-state index in [0.717, 1.165) is 56.3 Å². The fourth-order valence-corrected chi connectivity index (χ4v) is 3.15. The second kappa shape index (κ2) is 11.3. The van der Waals surface area contributed by atoms with Gasteiger partial charge in [-0.2, -0.15) is 0 Å². The van der Waals surface area contributed by atoms with Gasteiger partial charge in [-0.1, -0.05) is 38.3 Å². The van der Waals surface area contributed by atoms with E-state index in [1.54, 1.807) is 0 Å². The van der Waals surface area contributed by atoms with Crippen molar-refractivity contribution < 1.29 is 9.47 Å². The molecule has 25 heavy (non-hydrogen) atoms. The first-order valence-corrected chi connectivity index (χ1v) is 10.1. The van der Waals surface area contributed by atoms with Gasteiger partial charge in [-0.3, -0.25) is 0 Å². The Balaban J connectivity index is 1.93. The van der Waals surface area contributed by atoms with Gasteiger partial charge < -0.3 is 9.47 Å². The molecule has 3 heteroatoms. The number of hydrogen-bond donors (Lipinski definition) is 0. The Morgan fingerprint density at radius 1 is 0.840 bits per heavy atom. The summed E-state index contributed by atoms with van der Waals surface area (Å²) < 4.78 is 11.8. The maximum Gasteiger partial charge on any atom is 0.122 e. The topological polar surface area (TPSA) is 18.5 Å². The van der Waals surface area contributed by atoms with Crippen LogP contribution in [0.5, 0.6) is 11.5 Å². The maximum atomic E-state index is 5.95. The van der Waals surface area contributed by atoms with E-state index in [0.29, 0.717) is 0 Å². The average Bonchev–Trinajstić information content (AvgIpc) is 2.63. The standard InChI is InChI=1S/C22H31ClO2/c1-3-4-5-8-15-24-20-11-12-21-18(2)22(13-10-19(21)17-20)25-16-9-6-7-14-23/h10-13,17H,3-9,14-16H2,1-2H3. The highest BCUT2D eigenvalue weighted by atomic mass is 35.5. The van der Waals surface area contributed by atoms with Gasteiger partial charge in [0.25, 0.3) is 0 Å². The van der Waals surface area contributed by atoms with Crippen LogP contribution in [0, 0.1) is 6.92 Å². The van der Waals surface area contributed by atoms with Gasteiger partial charge in [0.1, 0.15) is 11.5 Å². The molecule has 2 aromatic carbocycles. The highest BCUT2D eigenvalue weighted by Gasteiger charge is 2.06. The second-order valence-corrected chi connectivity index (χ2v) is 6.96. The van der Waals surface area contributed by atoms with Crippen LogP contribution in [0.1, 0.15) is 57.4 Å². The molecule has 0 aliphatic rings. The smallest absolute Gasteiger partial charge is 0.122 e. The molecule has 0 aliphatic heterocycles. The third kappa shape index (κ3) is 6.43. The minimum atomic E-state index is 0.734. The van der Waals surface area contributed by atoms with Gasteiger partial charge in [0, 0.05) is 5.88 Å². The van der Waals surface area contributed by atoms with Crippen LogP contribution in [0.4, 0.5) is 0 Å². The lowest BCUT2D eigenvalue weighted by atomic mass is 10.0. The Hall–Kier alpha value is -1.41. The Bertz CT molecular complexity index is 639. The van der Waals surface area contributed by atoms with Gasteiger partial charge in [0.2, 0.25) is 0 Å². The van der Waals surface area contributed by atoms with Crippen LogP contribution in [-0.2, 0) is 0 Å². The molecule has 0 aromatic heterocycles. The number of hydrogen-bond acceptors (Lipinski definition) is 2. The number of benzene rings is 2. The van der Waals surface area contributed by atoms with E-state index in [9.17, 15) is 0 Å². The summed E-state index contributed by atoms with van der Waals surface area (Å²) in [7, 11) is 0. The maximum absolute atomic E-state index is 5.95. The molecular formula is C22H31ClO2. The monoisotopic (exact) mass is 362 g/mol. The Labute approximate surface area is 157 Å². The average molecular weight is 363 g/mol. The van der Waals surface area contributed by atoms with E-state index in [2.05, 4.69) is 44.2 Å². The van der Waals surface area contributed by atoms with Gasteiger partial charge in [0.05, 0.1) is 13.2 Å². The summed E-state index contributed by atoms with van der Waals surface area (Å²) in [6.07, 6.45) is 8.14. The van der Waals surface area contributed by atoms with Crippen molar-refractivity contribution in [2.45, 2.75) is 58.8 Å². The molecule has 0 radical (unpaired) electrons. The van der Waals surface area contributed by atoms with Crippen molar-refractivity contribution in [2.24, 2.45) is 0 Å². The third-order valence-corrected chi connectivity index (χ3v) is 4.78. The number of aryl methyl sites for hydroxylation is 1. The van der Waals surface area contributed by atoms with E-state index in [4.69, 9.17) is 21.1 Å². The van der Waals surface area contributed by atoms with Crippen molar-refractivity contribution in [1.82, 2.24) is 0 Å². The number of fused-ring (bicyclic) bond motifs is 1. The quantitative estimate of drug-likeness (QED) is 0.302. The van der Waals surface area contributed by atoms with Crippen LogP contribution >= 0.6 is 11.6 Å². The zero-order valence-corrected chi connectivity index (χ0v) is 16.4. The minimum absolute atomic E-state index is 0.734. The zero-order valence-electron chi connectivity index (χ0n) is 15.7. The summed E-state index contributed by atoms with van der Waals surface area (Å²) >= 11 is 5.70. The molecule has 2 rings (SSSR count). The highest BCUT2D eigenvalue weighted by Crippen LogP contribution is 2.30. The molecule has 0 spiro atoms. The third-order valence-electron chi connectivity index (χ3n) is 4.51. The number of halogens is 1. The van der Waals surface area contributed by atoms with E-state index in [1.807, 2.05) is 0 Å². The molecule has 0 atom stereocenters. The molecule has 0 fully saturated rings. The lowest BCUT2D eigenvalue weighted by Crippen LogP contribution is -2.00. The molecule has 0 amide bonds. The van der Waals surface area contributed by atoms with Crippen molar-refractivity contribution >= 4 is 22.4 Å². The van der Waals surface area contributed by atoms with Gasteiger partial charge in [-0.25, -0.2) is 0 Å². The van der Waals surface area contributed by atoms with Crippen LogP contribution < -0.4 is 9.47 Å². The molecule has 138 valence electrons. The SMILES string of the molecule is CCCCCCOc1ccc2c(C)c(OCCCCCCl)ccc2c1. The predicted octanol–water partition coefficient (Wildman–Crippen LogP) is 6.90. The first-order chi connectivity index (χ1) is 12.3. The lowest BCUT2D eigenvalue weighted by molar-refractivity contribution is 0.304. The molecule has 2 aromatic rings. The van der Waals surface area contributed by atoms with Crippen LogP contribution in [0.2, 0.25) is 0 Å². The molecular weight excluding hydrogens is 332 g/mol. The molecule has 0 saturated carbocycles. The van der Waals surface area contributed by atoms with Gasteiger partial charge >= 0.3 is 0 Å². The molecule has 0 unspecified atom stereocenters. The molecule has 0 saturated heterocycles. The molecule has 0 aliphatic carbocycles. The molecule has 2 nitrogen and oxygen atoms in total. The molecule has 0 N–H and O–H groups in total. The second-order valence-electron chi connectivity index (χ2n) is 6.58. The van der Waals surface area contributed by atoms with E-state index < -0.39 is 0 Å². The predicted molar refractivity (Wildman–Crippen MR) is 108 cm³/mol. The minimum Gasteiger partial charge on any atom is -0.494 e. The lowest BCUT2D eigenvalue weighted by Gasteiger charge is -2.13. The van der Waals surface area contributed by atoms with Crippen LogP contribution in [-0.4, -0.2) is 19.1 Å². The number of alkyl halides is 1. The summed E-state index contributed by atoms with van der Waals surface area (Å²) in [5, 5.41) is 2.44. The summed E-state index contributed by atoms with van der Waals surface area (Å²) in [5.74, 6) is 2.67. The summed E-state index contributed by atoms with van der Waals surface area (Å²) in [6.45, 7) is 5.91. The normalized spacial score (nSPS) is 11.0. The fraction of sp³-hybridized carbons (Fsp3) is 0.545. The fourth-order valence-electron chi connectivity index (χ4n) is 2.96. The Kier molecular flexibility index (Phi) is 8.96. The van der Waals surface area contributed by atoms with Crippen LogP contribution in [0.25, 0.3) is 10.8 Å². The van der Waals surface area contributed by atoms with Crippen LogP contribution in [0.3, 0.4) is 0 Å². The van der Waals surface area contributed by atoms with Gasteiger partial charge in [-0.15, -0.1) is 11.6 Å². The Morgan fingerprint density at radius 3 is 2.36 bits per heavy atom. The largest absolute Gasteiger partial charge is 0.494 e. The van der Waals surface area contributed by atoms with Crippen molar-refractivity contribution in [3.05, 3.63) is 35.9 Å². The van der Waals surface area contributed by atoms with E-state index in [-0.39, 0.29) is 0 Å². The first-order valence-electron chi connectivity index (χ1n) is 9.61. The van der Waals surface area contributed by atoms with Crippen molar-refractivity contribution in [3.8, 4) is 11.5 Å². The molecule has 0 heterocycles. The van der Waals surface area contributed by atoms with Crippen LogP contribution in [0.15, 0.2) is 30.3 Å². The van der Waals surface area contributed by atoms with Crippen molar-refractivity contribution in [3.63, 3.8) is 0 Å². The van der Waals surface area contributed by atoms with E-state index in [1.165, 1.54) is 35.6 Å². The van der Waals surface area contributed by atoms with Crippen molar-refractivity contribution in [1.29, 1.82) is 0 Å². The summed E-state index contributed by atoms with van der Waals surface area (Å²) in [6, 6.07) is 10.5. The van der Waals surface area contributed by atoms with Crippen molar-refractivity contribution in [2.75, 3.05) is 19.1 Å². The highest BCUT2D eigenvalue weighted by molar-refractivity contribution is 6.17. The first kappa shape index (κ1) is 19.9. The number of rotatable bonds is 12. The summed E-state index contributed by atoms with van der Waals surface area (Å²) in [5.41, 5.74) is 1.20. The zero-order chi connectivity index (χ0) is 17.9. The summed E-state index contributed by atoms with van der Waals surface area (Å²) in [4.78, 5) is 0. The number of ether oxygens (including phenoxy) is 2. The number of unbranched alkanes of at least 4 members (excludes halogenated alkanes) is 5. The van der Waals surface area contributed by atoms with Gasteiger partial charge in [0.15, 0.2) is 0 Å². The Morgan fingerprint density at radius 2 is 1.60 bits per heavy atom. The van der Waals surface area contributed by atoms with E-state index >= 15 is 0 Å².